The zero-order chi connectivity index (χ0) is 14.5. The molecule has 20 heavy (non-hydrogen) atoms. The second-order valence-electron chi connectivity index (χ2n) is 4.60. The Morgan fingerprint density at radius 3 is 2.75 bits per heavy atom. The summed E-state index contributed by atoms with van der Waals surface area (Å²) in [5.74, 6) is -1.40. The topological polar surface area (TPSA) is 45.1 Å². The molecule has 0 saturated carbocycles. The van der Waals surface area contributed by atoms with E-state index in [1.165, 1.54) is 6.07 Å². The Hall–Kier alpha value is -1.85. The van der Waals surface area contributed by atoms with Gasteiger partial charge in [0.05, 0.1) is 6.10 Å². The summed E-state index contributed by atoms with van der Waals surface area (Å²) in [6, 6.07) is 6.86. The predicted molar refractivity (Wildman–Crippen MR) is 72.0 cm³/mol. The van der Waals surface area contributed by atoms with Crippen LogP contribution in [0.25, 0.3) is 0 Å². The van der Waals surface area contributed by atoms with Gasteiger partial charge in [-0.3, -0.25) is 4.98 Å². The highest BCUT2D eigenvalue weighted by Gasteiger charge is 2.15. The van der Waals surface area contributed by atoms with E-state index in [2.05, 4.69) is 10.3 Å². The molecule has 0 aliphatic carbocycles. The molecule has 1 heterocycles. The first kappa shape index (κ1) is 14.6. The van der Waals surface area contributed by atoms with Crippen LogP contribution in [0.15, 0.2) is 42.7 Å². The van der Waals surface area contributed by atoms with E-state index in [0.717, 1.165) is 17.7 Å². The van der Waals surface area contributed by atoms with Crippen molar-refractivity contribution in [2.24, 2.45) is 0 Å². The highest BCUT2D eigenvalue weighted by molar-refractivity contribution is 5.21. The van der Waals surface area contributed by atoms with Crippen LogP contribution >= 0.6 is 0 Å². The molecule has 0 spiro atoms. The van der Waals surface area contributed by atoms with Gasteiger partial charge in [0.15, 0.2) is 0 Å². The van der Waals surface area contributed by atoms with E-state index in [4.69, 9.17) is 0 Å². The molecule has 2 rings (SSSR count). The van der Waals surface area contributed by atoms with Gasteiger partial charge < -0.3 is 10.4 Å². The number of halogens is 2. The maximum atomic E-state index is 13.5. The summed E-state index contributed by atoms with van der Waals surface area (Å²) in [5.41, 5.74) is 1.05. The maximum absolute atomic E-state index is 13.5. The standard InChI is InChI=1S/C15H16F2N2O/c1-10(11-3-2-6-18-8-11)19-9-15(20)13-5-4-12(16)7-14(13)17/h2-8,10,15,19-20H,9H2,1H3/t10-,15?/m1/s1. The van der Waals surface area contributed by atoms with Gasteiger partial charge in [0, 0.05) is 36.6 Å². The van der Waals surface area contributed by atoms with Crippen molar-refractivity contribution in [2.75, 3.05) is 6.54 Å². The lowest BCUT2D eigenvalue weighted by Gasteiger charge is -2.18. The maximum Gasteiger partial charge on any atom is 0.131 e. The summed E-state index contributed by atoms with van der Waals surface area (Å²) in [7, 11) is 0. The van der Waals surface area contributed by atoms with E-state index in [1.54, 1.807) is 12.4 Å². The van der Waals surface area contributed by atoms with Crippen LogP contribution in [0.4, 0.5) is 8.78 Å². The van der Waals surface area contributed by atoms with Crippen molar-refractivity contribution in [3.8, 4) is 0 Å². The third-order valence-corrected chi connectivity index (χ3v) is 3.12. The number of nitrogens with zero attached hydrogens (tertiary/aromatic N) is 1. The molecule has 106 valence electrons. The van der Waals surface area contributed by atoms with Crippen LogP contribution in [-0.2, 0) is 0 Å². The Morgan fingerprint density at radius 2 is 2.10 bits per heavy atom. The minimum Gasteiger partial charge on any atom is -0.387 e. The van der Waals surface area contributed by atoms with Gasteiger partial charge in [-0.25, -0.2) is 8.78 Å². The molecule has 0 aliphatic rings. The first-order chi connectivity index (χ1) is 9.58. The fourth-order valence-corrected chi connectivity index (χ4v) is 1.92. The lowest BCUT2D eigenvalue weighted by Crippen LogP contribution is -2.25. The fourth-order valence-electron chi connectivity index (χ4n) is 1.92. The van der Waals surface area contributed by atoms with E-state index in [9.17, 15) is 13.9 Å². The van der Waals surface area contributed by atoms with Crippen molar-refractivity contribution in [1.29, 1.82) is 0 Å². The molecule has 0 bridgehead atoms. The monoisotopic (exact) mass is 278 g/mol. The molecular formula is C15H16F2N2O. The zero-order valence-corrected chi connectivity index (χ0v) is 11.1. The Bertz CT molecular complexity index is 563. The van der Waals surface area contributed by atoms with Gasteiger partial charge in [0.2, 0.25) is 0 Å². The number of aliphatic hydroxyl groups is 1. The van der Waals surface area contributed by atoms with Crippen molar-refractivity contribution < 1.29 is 13.9 Å². The van der Waals surface area contributed by atoms with E-state index in [0.29, 0.717) is 0 Å². The SMILES string of the molecule is C[C@@H](NCC(O)c1ccc(F)cc1F)c1cccnc1. The Balaban J connectivity index is 1.96. The normalized spacial score (nSPS) is 14.0. The molecule has 2 aromatic rings. The molecule has 2 atom stereocenters. The van der Waals surface area contributed by atoms with E-state index in [-0.39, 0.29) is 18.2 Å². The van der Waals surface area contributed by atoms with Gasteiger partial charge in [-0.1, -0.05) is 12.1 Å². The molecular weight excluding hydrogens is 262 g/mol. The molecule has 2 N–H and O–H groups in total. The number of aromatic nitrogens is 1. The van der Waals surface area contributed by atoms with E-state index in [1.807, 2.05) is 19.1 Å². The predicted octanol–water partition coefficient (Wildman–Crippen LogP) is 2.74. The number of pyridine rings is 1. The summed E-state index contributed by atoms with van der Waals surface area (Å²) < 4.78 is 26.3. The number of aliphatic hydroxyl groups excluding tert-OH is 1. The third kappa shape index (κ3) is 3.59. The number of hydrogen-bond acceptors (Lipinski definition) is 3. The summed E-state index contributed by atoms with van der Waals surface area (Å²) in [6.45, 7) is 2.09. The Morgan fingerprint density at radius 1 is 1.30 bits per heavy atom. The third-order valence-electron chi connectivity index (χ3n) is 3.12. The Kier molecular flexibility index (Phi) is 4.76. The second kappa shape index (κ2) is 6.54. The van der Waals surface area contributed by atoms with Crippen molar-refractivity contribution in [3.05, 3.63) is 65.5 Å². The van der Waals surface area contributed by atoms with Gasteiger partial charge in [-0.15, -0.1) is 0 Å². The van der Waals surface area contributed by atoms with Crippen LogP contribution in [0.5, 0.6) is 0 Å². The first-order valence-electron chi connectivity index (χ1n) is 6.34. The Labute approximate surface area is 116 Å². The molecule has 0 aliphatic heterocycles. The van der Waals surface area contributed by atoms with Gasteiger partial charge >= 0.3 is 0 Å². The molecule has 0 saturated heterocycles. The average Bonchev–Trinajstić information content (AvgIpc) is 2.45. The van der Waals surface area contributed by atoms with Crippen LogP contribution in [0, 0.1) is 11.6 Å². The molecule has 5 heteroatoms. The molecule has 0 amide bonds. The molecule has 1 aromatic carbocycles. The lowest BCUT2D eigenvalue weighted by atomic mass is 10.1. The van der Waals surface area contributed by atoms with Crippen LogP contribution in [0.1, 0.15) is 30.2 Å². The van der Waals surface area contributed by atoms with Crippen LogP contribution < -0.4 is 5.32 Å². The van der Waals surface area contributed by atoms with Gasteiger partial charge in [0.1, 0.15) is 11.6 Å². The van der Waals surface area contributed by atoms with E-state index >= 15 is 0 Å². The van der Waals surface area contributed by atoms with Crippen molar-refractivity contribution in [1.82, 2.24) is 10.3 Å². The van der Waals surface area contributed by atoms with Crippen molar-refractivity contribution in [3.63, 3.8) is 0 Å². The number of rotatable bonds is 5. The molecule has 3 nitrogen and oxygen atoms in total. The minimum absolute atomic E-state index is 0.0261. The average molecular weight is 278 g/mol. The van der Waals surface area contributed by atoms with E-state index < -0.39 is 17.7 Å². The zero-order valence-electron chi connectivity index (χ0n) is 11.1. The number of nitrogens with one attached hydrogen (secondary N) is 1. The number of benzene rings is 1. The minimum atomic E-state index is -1.03. The summed E-state index contributed by atoms with van der Waals surface area (Å²) >= 11 is 0. The summed E-state index contributed by atoms with van der Waals surface area (Å²) in [5, 5.41) is 13.0. The largest absolute Gasteiger partial charge is 0.387 e. The number of hydrogen-bond donors (Lipinski definition) is 2. The highest BCUT2D eigenvalue weighted by atomic mass is 19.1. The molecule has 0 radical (unpaired) electrons. The summed E-state index contributed by atoms with van der Waals surface area (Å²) in [4.78, 5) is 4.01. The van der Waals surface area contributed by atoms with Gasteiger partial charge in [-0.2, -0.15) is 0 Å². The second-order valence-corrected chi connectivity index (χ2v) is 4.60. The van der Waals surface area contributed by atoms with Crippen LogP contribution in [-0.4, -0.2) is 16.6 Å². The van der Waals surface area contributed by atoms with Gasteiger partial charge in [0.25, 0.3) is 0 Å². The molecule has 0 fully saturated rings. The van der Waals surface area contributed by atoms with Crippen molar-refractivity contribution in [2.45, 2.75) is 19.1 Å². The van der Waals surface area contributed by atoms with Crippen molar-refractivity contribution >= 4 is 0 Å². The van der Waals surface area contributed by atoms with Gasteiger partial charge in [-0.05, 0) is 24.6 Å². The van der Waals surface area contributed by atoms with Crippen LogP contribution in [0.3, 0.4) is 0 Å². The lowest BCUT2D eigenvalue weighted by molar-refractivity contribution is 0.166. The molecule has 1 aromatic heterocycles. The first-order valence-corrected chi connectivity index (χ1v) is 6.34. The highest BCUT2D eigenvalue weighted by Crippen LogP contribution is 2.18. The quantitative estimate of drug-likeness (QED) is 0.884. The molecule has 1 unspecified atom stereocenters. The smallest absolute Gasteiger partial charge is 0.131 e. The summed E-state index contributed by atoms with van der Waals surface area (Å²) in [6.07, 6.45) is 2.37. The fraction of sp³-hybridized carbons (Fsp3) is 0.267. The van der Waals surface area contributed by atoms with Crippen LogP contribution in [0.2, 0.25) is 0 Å².